The summed E-state index contributed by atoms with van der Waals surface area (Å²) in [5.41, 5.74) is 1.78. The van der Waals surface area contributed by atoms with Gasteiger partial charge in [-0.05, 0) is 50.4 Å². The number of nitrogens with zero attached hydrogens (tertiary/aromatic N) is 7. The van der Waals surface area contributed by atoms with E-state index in [1.54, 1.807) is 24.4 Å². The van der Waals surface area contributed by atoms with Crippen LogP contribution in [-0.4, -0.2) is 68.1 Å². The summed E-state index contributed by atoms with van der Waals surface area (Å²) in [6, 6.07) is 8.88. The molecule has 0 unspecified atom stereocenters. The maximum absolute atomic E-state index is 15.3. The van der Waals surface area contributed by atoms with E-state index in [1.807, 2.05) is 16.4 Å². The van der Waals surface area contributed by atoms with Gasteiger partial charge < -0.3 is 18.8 Å². The number of pyridine rings is 1. The Hall–Kier alpha value is -4.10. The van der Waals surface area contributed by atoms with Gasteiger partial charge in [0, 0.05) is 49.9 Å². The SMILES string of the molecule is CCn1cc(-c2nc(SCc3nnc(-c4ccc(F)cc4)o3)n[nH]2)c(=O)c2cc(F)c(N3CCN(C)CC3)cc21. The Balaban J connectivity index is 1.24. The number of hydrogen-bond acceptors (Lipinski definition) is 9. The number of anilines is 1. The van der Waals surface area contributed by atoms with E-state index in [9.17, 15) is 9.18 Å². The van der Waals surface area contributed by atoms with Crippen LogP contribution in [0.25, 0.3) is 33.7 Å². The number of aromatic nitrogens is 6. The highest BCUT2D eigenvalue weighted by Gasteiger charge is 2.21. The third-order valence-electron chi connectivity index (χ3n) is 6.94. The molecule has 1 aliphatic rings. The number of halogens is 2. The standard InChI is InChI=1S/C27H26F2N8O2S/c1-3-36-14-19(24(38)18-12-20(29)22(13-21(18)36)37-10-8-35(2)9-11-37)25-30-27(34-32-25)40-15-23-31-33-26(39-23)16-4-6-17(28)7-5-16/h4-7,12-14H,3,8-11,15H2,1-2H3,(H,30,32,34). The van der Waals surface area contributed by atoms with Crippen molar-refractivity contribution < 1.29 is 13.2 Å². The number of thioether (sulfide) groups is 1. The second-order valence-corrected chi connectivity index (χ2v) is 10.5. The summed E-state index contributed by atoms with van der Waals surface area (Å²) >= 11 is 1.25. The summed E-state index contributed by atoms with van der Waals surface area (Å²) in [7, 11) is 2.05. The van der Waals surface area contributed by atoms with Gasteiger partial charge in [-0.3, -0.25) is 9.89 Å². The zero-order valence-corrected chi connectivity index (χ0v) is 22.7. The molecular formula is C27H26F2N8O2S. The highest BCUT2D eigenvalue weighted by Crippen LogP contribution is 2.28. The molecule has 40 heavy (non-hydrogen) atoms. The van der Waals surface area contributed by atoms with E-state index in [0.29, 0.717) is 51.1 Å². The van der Waals surface area contributed by atoms with Crippen LogP contribution in [0.3, 0.4) is 0 Å². The Morgan fingerprint density at radius 1 is 1.07 bits per heavy atom. The smallest absolute Gasteiger partial charge is 0.247 e. The molecule has 4 heterocycles. The van der Waals surface area contributed by atoms with Crippen LogP contribution in [0, 0.1) is 11.6 Å². The number of aryl methyl sites for hydroxylation is 1. The maximum atomic E-state index is 15.3. The normalized spacial score (nSPS) is 14.3. The van der Waals surface area contributed by atoms with Crippen molar-refractivity contribution in [1.82, 2.24) is 34.8 Å². The van der Waals surface area contributed by atoms with Gasteiger partial charge in [0.05, 0.1) is 22.5 Å². The van der Waals surface area contributed by atoms with Gasteiger partial charge in [-0.2, -0.15) is 0 Å². The predicted molar refractivity (Wildman–Crippen MR) is 148 cm³/mol. The van der Waals surface area contributed by atoms with Crippen LogP contribution in [0.4, 0.5) is 14.5 Å². The summed E-state index contributed by atoms with van der Waals surface area (Å²) in [5, 5.41) is 15.8. The first-order valence-corrected chi connectivity index (χ1v) is 13.8. The van der Waals surface area contributed by atoms with Crippen LogP contribution >= 0.6 is 11.8 Å². The fraction of sp³-hybridized carbons (Fsp3) is 0.296. The molecule has 5 aromatic rings. The number of nitrogens with one attached hydrogen (secondary N) is 1. The maximum Gasteiger partial charge on any atom is 0.247 e. The Bertz CT molecular complexity index is 1730. The summed E-state index contributed by atoms with van der Waals surface area (Å²) < 4.78 is 36.0. The van der Waals surface area contributed by atoms with Crippen molar-refractivity contribution in [3.05, 3.63) is 70.3 Å². The summed E-state index contributed by atoms with van der Waals surface area (Å²) in [6.45, 7) is 5.71. The van der Waals surface area contributed by atoms with E-state index in [2.05, 4.69) is 37.3 Å². The van der Waals surface area contributed by atoms with Gasteiger partial charge in [0.2, 0.25) is 16.9 Å². The highest BCUT2D eigenvalue weighted by atomic mass is 32.2. The van der Waals surface area contributed by atoms with E-state index in [4.69, 9.17) is 4.42 Å². The summed E-state index contributed by atoms with van der Waals surface area (Å²) in [6.07, 6.45) is 1.73. The first-order chi connectivity index (χ1) is 19.4. The van der Waals surface area contributed by atoms with Crippen molar-refractivity contribution in [2.75, 3.05) is 38.1 Å². The van der Waals surface area contributed by atoms with E-state index < -0.39 is 5.82 Å². The van der Waals surface area contributed by atoms with Gasteiger partial charge >= 0.3 is 0 Å². The molecule has 2 aromatic carbocycles. The van der Waals surface area contributed by atoms with Crippen molar-refractivity contribution in [3.63, 3.8) is 0 Å². The molecule has 0 amide bonds. The summed E-state index contributed by atoms with van der Waals surface area (Å²) in [4.78, 5) is 22.2. The monoisotopic (exact) mass is 564 g/mol. The molecule has 1 fully saturated rings. The minimum Gasteiger partial charge on any atom is -0.420 e. The first-order valence-electron chi connectivity index (χ1n) is 12.8. The largest absolute Gasteiger partial charge is 0.420 e. The molecule has 1 saturated heterocycles. The highest BCUT2D eigenvalue weighted by molar-refractivity contribution is 7.98. The Kier molecular flexibility index (Phi) is 7.07. The second kappa shape index (κ2) is 10.8. The van der Waals surface area contributed by atoms with Crippen molar-refractivity contribution >= 4 is 28.4 Å². The number of fused-ring (bicyclic) bond motifs is 1. The number of H-pyrrole nitrogens is 1. The minimum atomic E-state index is -0.415. The number of rotatable bonds is 7. The average molecular weight is 565 g/mol. The molecule has 0 aliphatic carbocycles. The zero-order chi connectivity index (χ0) is 27.8. The van der Waals surface area contributed by atoms with E-state index >= 15 is 4.39 Å². The van der Waals surface area contributed by atoms with Crippen molar-refractivity contribution in [2.45, 2.75) is 24.4 Å². The van der Waals surface area contributed by atoms with Crippen LogP contribution in [0.15, 0.2) is 57.0 Å². The zero-order valence-electron chi connectivity index (χ0n) is 21.9. The lowest BCUT2D eigenvalue weighted by Gasteiger charge is -2.34. The molecule has 1 N–H and O–H groups in total. The van der Waals surface area contributed by atoms with E-state index in [0.717, 1.165) is 26.2 Å². The van der Waals surface area contributed by atoms with Gasteiger partial charge in [0.1, 0.15) is 11.6 Å². The molecule has 0 bridgehead atoms. The number of hydrogen-bond donors (Lipinski definition) is 1. The molecule has 0 saturated carbocycles. The van der Waals surface area contributed by atoms with Gasteiger partial charge in [0.15, 0.2) is 11.3 Å². The Morgan fingerprint density at radius 3 is 2.60 bits per heavy atom. The fourth-order valence-corrected chi connectivity index (χ4v) is 5.33. The molecule has 10 nitrogen and oxygen atoms in total. The first kappa shape index (κ1) is 26.1. The quantitative estimate of drug-likeness (QED) is 0.291. The Morgan fingerprint density at radius 2 is 1.85 bits per heavy atom. The van der Waals surface area contributed by atoms with Crippen molar-refractivity contribution in [2.24, 2.45) is 0 Å². The molecule has 0 spiro atoms. The van der Waals surface area contributed by atoms with E-state index in [1.165, 1.54) is 30.0 Å². The number of likely N-dealkylation sites (N-methyl/N-ethyl adjacent to an activating group) is 1. The van der Waals surface area contributed by atoms with Crippen molar-refractivity contribution in [3.8, 4) is 22.8 Å². The van der Waals surface area contributed by atoms with Crippen LogP contribution in [0.5, 0.6) is 0 Å². The van der Waals surface area contributed by atoms with E-state index in [-0.39, 0.29) is 23.0 Å². The van der Waals surface area contributed by atoms with Gasteiger partial charge in [-0.15, -0.1) is 15.3 Å². The van der Waals surface area contributed by atoms with Crippen molar-refractivity contribution in [1.29, 1.82) is 0 Å². The Labute approximate surface area is 232 Å². The lowest BCUT2D eigenvalue weighted by molar-refractivity contribution is 0.312. The molecule has 6 rings (SSSR count). The van der Waals surface area contributed by atoms with Crippen LogP contribution in [0.1, 0.15) is 12.8 Å². The molecular weight excluding hydrogens is 538 g/mol. The average Bonchev–Trinajstić information content (AvgIpc) is 3.63. The topological polar surface area (TPSA) is 109 Å². The number of piperazine rings is 1. The molecule has 3 aromatic heterocycles. The number of benzene rings is 2. The molecule has 0 atom stereocenters. The molecule has 13 heteroatoms. The molecule has 1 aliphatic heterocycles. The van der Waals surface area contributed by atoms with Crippen LogP contribution in [0.2, 0.25) is 0 Å². The minimum absolute atomic E-state index is 0.283. The van der Waals surface area contributed by atoms with Crippen LogP contribution in [-0.2, 0) is 12.3 Å². The van der Waals surface area contributed by atoms with Crippen LogP contribution < -0.4 is 10.3 Å². The third kappa shape index (κ3) is 5.09. The third-order valence-corrected chi connectivity index (χ3v) is 7.77. The fourth-order valence-electron chi connectivity index (χ4n) is 4.70. The summed E-state index contributed by atoms with van der Waals surface area (Å²) in [5.74, 6) is 0.451. The second-order valence-electron chi connectivity index (χ2n) is 9.53. The molecule has 206 valence electrons. The lowest BCUT2D eigenvalue weighted by atomic mass is 10.1. The predicted octanol–water partition coefficient (Wildman–Crippen LogP) is 4.18. The molecule has 0 radical (unpaired) electrons. The number of aromatic amines is 1. The van der Waals surface area contributed by atoms with Gasteiger partial charge in [0.25, 0.3) is 0 Å². The van der Waals surface area contributed by atoms with Gasteiger partial charge in [-0.25, -0.2) is 13.8 Å². The lowest BCUT2D eigenvalue weighted by Crippen LogP contribution is -2.44. The van der Waals surface area contributed by atoms with Gasteiger partial charge in [-0.1, -0.05) is 11.8 Å².